The predicted molar refractivity (Wildman–Crippen MR) is 88.7 cm³/mol. The summed E-state index contributed by atoms with van der Waals surface area (Å²) < 4.78 is 21.1. The minimum Gasteiger partial charge on any atom is -0.377 e. The van der Waals surface area contributed by atoms with Gasteiger partial charge in [-0.1, -0.05) is 12.1 Å². The molecule has 1 unspecified atom stereocenters. The van der Waals surface area contributed by atoms with Crippen LogP contribution in [-0.2, 0) is 18.0 Å². The van der Waals surface area contributed by atoms with Crippen LogP contribution in [0.2, 0.25) is 6.04 Å². The second-order valence-electron chi connectivity index (χ2n) is 4.24. The first-order chi connectivity index (χ1) is 9.32. The van der Waals surface area contributed by atoms with Gasteiger partial charge in [-0.3, -0.25) is 0 Å². The third-order valence-corrected chi connectivity index (χ3v) is 7.51. The number of epoxide rings is 1. The zero-order valence-corrected chi connectivity index (χ0v) is 16.4. The first-order valence-electron chi connectivity index (χ1n) is 6.30. The third kappa shape index (κ3) is 10.6. The highest BCUT2D eigenvalue weighted by atomic mass is 35.8. The topological polar surface area (TPSA) is 40.2 Å². The van der Waals surface area contributed by atoms with Crippen LogP contribution in [0.15, 0.2) is 12.3 Å². The standard InChI is InChI=1S/C9H20O4Si.C2H3Cl3Si/c1-10-14(11-2,12-3)7-5-4-6-9-8-13-9;1-2-6(3,4)5/h9H,4-8H2,1-3H3;2H,1H2. The number of hydrogen-bond acceptors (Lipinski definition) is 4. The van der Waals surface area contributed by atoms with E-state index in [2.05, 4.69) is 6.58 Å². The van der Waals surface area contributed by atoms with Gasteiger partial charge in [0.2, 0.25) is 0 Å². The van der Waals surface area contributed by atoms with Crippen molar-refractivity contribution in [2.75, 3.05) is 27.9 Å². The molecule has 1 saturated heterocycles. The second-order valence-corrected chi connectivity index (χ2v) is 15.9. The predicted octanol–water partition coefficient (Wildman–Crippen LogP) is 3.80. The summed E-state index contributed by atoms with van der Waals surface area (Å²) in [5.41, 5.74) is 1.37. The average Bonchev–Trinajstić information content (AvgIpc) is 3.24. The highest BCUT2D eigenvalue weighted by Crippen LogP contribution is 2.21. The van der Waals surface area contributed by atoms with Crippen molar-refractivity contribution in [3.05, 3.63) is 12.3 Å². The average molecular weight is 382 g/mol. The molecule has 9 heteroatoms. The quantitative estimate of drug-likeness (QED) is 0.263. The van der Waals surface area contributed by atoms with Gasteiger partial charge in [-0.25, -0.2) is 0 Å². The molecule has 0 radical (unpaired) electrons. The van der Waals surface area contributed by atoms with E-state index in [1.165, 1.54) is 5.70 Å². The van der Waals surface area contributed by atoms with Crippen LogP contribution in [0.1, 0.15) is 19.3 Å². The lowest BCUT2D eigenvalue weighted by atomic mass is 10.2. The van der Waals surface area contributed by atoms with E-state index < -0.39 is 14.8 Å². The molecule has 1 rings (SSSR count). The molecule has 1 aliphatic rings. The van der Waals surface area contributed by atoms with Gasteiger partial charge in [-0.2, -0.15) is 0 Å². The Bertz CT molecular complexity index is 261. The van der Waals surface area contributed by atoms with Crippen molar-refractivity contribution >= 4 is 48.0 Å². The van der Waals surface area contributed by atoms with Gasteiger partial charge >= 0.3 is 14.8 Å². The van der Waals surface area contributed by atoms with Gasteiger partial charge in [-0.15, -0.1) is 39.8 Å². The molecule has 1 atom stereocenters. The number of hydrogen-bond donors (Lipinski definition) is 0. The normalized spacial score (nSPS) is 18.2. The van der Waals surface area contributed by atoms with Crippen molar-refractivity contribution < 1.29 is 18.0 Å². The van der Waals surface area contributed by atoms with Crippen LogP contribution in [0, 0.1) is 0 Å². The Balaban J connectivity index is 0.000000511. The van der Waals surface area contributed by atoms with E-state index >= 15 is 0 Å². The van der Waals surface area contributed by atoms with Crippen molar-refractivity contribution in [2.24, 2.45) is 0 Å². The van der Waals surface area contributed by atoms with Crippen molar-refractivity contribution in [3.63, 3.8) is 0 Å². The van der Waals surface area contributed by atoms with Crippen molar-refractivity contribution in [1.29, 1.82) is 0 Å². The van der Waals surface area contributed by atoms with Crippen LogP contribution in [0.25, 0.3) is 0 Å². The van der Waals surface area contributed by atoms with Gasteiger partial charge in [-0.05, 0) is 12.8 Å². The lowest BCUT2D eigenvalue weighted by Crippen LogP contribution is -2.42. The fraction of sp³-hybridized carbons (Fsp3) is 0.818. The maximum absolute atomic E-state index is 5.32. The maximum atomic E-state index is 5.32. The molecule has 20 heavy (non-hydrogen) atoms. The van der Waals surface area contributed by atoms with Gasteiger partial charge in [0.15, 0.2) is 0 Å². The van der Waals surface area contributed by atoms with Crippen LogP contribution in [0.5, 0.6) is 0 Å². The molecule has 0 amide bonds. The summed E-state index contributed by atoms with van der Waals surface area (Å²) >= 11 is 15.8. The smallest absolute Gasteiger partial charge is 0.377 e. The van der Waals surface area contributed by atoms with Gasteiger partial charge in [0, 0.05) is 27.4 Å². The molecule has 4 nitrogen and oxygen atoms in total. The molecule has 0 aromatic carbocycles. The van der Waals surface area contributed by atoms with Crippen molar-refractivity contribution in [1.82, 2.24) is 0 Å². The van der Waals surface area contributed by atoms with Crippen LogP contribution in [-0.4, -0.2) is 48.8 Å². The molecule has 0 aliphatic carbocycles. The first-order valence-corrected chi connectivity index (χ1v) is 13.3. The van der Waals surface area contributed by atoms with Crippen LogP contribution in [0.4, 0.5) is 0 Å². The SMILES string of the molecule is C=C[Si](Cl)(Cl)Cl.CO[Si](CCCCC1CO1)(OC)OC. The first kappa shape index (κ1) is 20.9. The van der Waals surface area contributed by atoms with Gasteiger partial charge in [0.05, 0.1) is 12.7 Å². The monoisotopic (exact) mass is 380 g/mol. The van der Waals surface area contributed by atoms with E-state index in [1.54, 1.807) is 21.3 Å². The van der Waals surface area contributed by atoms with E-state index in [1.807, 2.05) is 0 Å². The molecule has 120 valence electrons. The summed E-state index contributed by atoms with van der Waals surface area (Å²) in [5, 5.41) is 0. The zero-order valence-electron chi connectivity index (χ0n) is 12.2. The second kappa shape index (κ2) is 10.6. The minimum atomic E-state index is -2.45. The number of halogens is 3. The maximum Gasteiger partial charge on any atom is 0.500 e. The minimum absolute atomic E-state index is 0.527. The Morgan fingerprint density at radius 2 is 1.60 bits per heavy atom. The lowest BCUT2D eigenvalue weighted by molar-refractivity contribution is 0.122. The third-order valence-electron chi connectivity index (χ3n) is 2.83. The number of rotatable bonds is 9. The number of unbranched alkanes of at least 4 members (excludes halogenated alkanes) is 1. The van der Waals surface area contributed by atoms with Crippen molar-refractivity contribution in [2.45, 2.75) is 31.4 Å². The fourth-order valence-electron chi connectivity index (χ4n) is 1.50. The van der Waals surface area contributed by atoms with E-state index in [0.29, 0.717) is 6.10 Å². The molecule has 0 spiro atoms. The molecule has 0 bridgehead atoms. The fourth-order valence-corrected chi connectivity index (χ4v) is 3.30. The summed E-state index contributed by atoms with van der Waals surface area (Å²) in [6, 6.07) is -1.56. The molecule has 1 aliphatic heterocycles. The van der Waals surface area contributed by atoms with E-state index in [0.717, 1.165) is 31.9 Å². The summed E-state index contributed by atoms with van der Waals surface area (Å²) in [6.45, 7) is 4.24. The largest absolute Gasteiger partial charge is 0.500 e. The Labute approximate surface area is 137 Å². The van der Waals surface area contributed by atoms with E-state index in [-0.39, 0.29) is 0 Å². The Morgan fingerprint density at radius 1 is 1.15 bits per heavy atom. The molecule has 0 aromatic heterocycles. The van der Waals surface area contributed by atoms with E-state index in [9.17, 15) is 0 Å². The van der Waals surface area contributed by atoms with Crippen LogP contribution in [0.3, 0.4) is 0 Å². The van der Waals surface area contributed by atoms with Gasteiger partial charge < -0.3 is 18.0 Å². The molecule has 0 saturated carbocycles. The summed E-state index contributed by atoms with van der Waals surface area (Å²) in [7, 11) is 2.66. The zero-order chi connectivity index (χ0) is 15.6. The summed E-state index contributed by atoms with van der Waals surface area (Å²) in [5.74, 6) is 0. The highest BCUT2D eigenvalue weighted by molar-refractivity contribution is 7.66. The van der Waals surface area contributed by atoms with Crippen molar-refractivity contribution in [3.8, 4) is 0 Å². The molecule has 1 fully saturated rings. The van der Waals surface area contributed by atoms with Gasteiger partial charge in [0.25, 0.3) is 0 Å². The molecular weight excluding hydrogens is 359 g/mol. The Morgan fingerprint density at radius 3 is 1.90 bits per heavy atom. The summed E-state index contributed by atoms with van der Waals surface area (Å²) in [6.07, 6.45) is 3.93. The molecule has 0 aromatic rings. The molecular formula is C11H23Cl3O4Si2. The van der Waals surface area contributed by atoms with Crippen LogP contribution >= 0.6 is 33.2 Å². The summed E-state index contributed by atoms with van der Waals surface area (Å²) in [4.78, 5) is 0. The lowest BCUT2D eigenvalue weighted by Gasteiger charge is -2.24. The number of ether oxygens (including phenoxy) is 1. The van der Waals surface area contributed by atoms with Gasteiger partial charge in [0.1, 0.15) is 0 Å². The highest BCUT2D eigenvalue weighted by Gasteiger charge is 2.37. The Hall–Kier alpha value is 0.884. The van der Waals surface area contributed by atoms with E-state index in [4.69, 9.17) is 51.3 Å². The Kier molecular flexibility index (Phi) is 11.1. The molecule has 1 heterocycles. The molecule has 0 N–H and O–H groups in total. The van der Waals surface area contributed by atoms with Crippen LogP contribution < -0.4 is 0 Å².